The third-order valence-corrected chi connectivity index (χ3v) is 4.40. The van der Waals surface area contributed by atoms with E-state index in [1.54, 1.807) is 7.11 Å². The van der Waals surface area contributed by atoms with Gasteiger partial charge in [-0.25, -0.2) is 0 Å². The summed E-state index contributed by atoms with van der Waals surface area (Å²) in [5, 5.41) is 0.882. The molecule has 128 valence electrons. The summed E-state index contributed by atoms with van der Waals surface area (Å²) in [4.78, 5) is 14.6. The normalized spacial score (nSPS) is 16.9. The monoisotopic (exact) mass is 337 g/mol. The number of H-pyrrole nitrogens is 1. The lowest BCUT2D eigenvalue weighted by Crippen LogP contribution is -2.15. The Hall–Kier alpha value is -2.79. The Morgan fingerprint density at radius 1 is 1.08 bits per heavy atom. The summed E-state index contributed by atoms with van der Waals surface area (Å²) < 4.78 is 16.5. The van der Waals surface area contributed by atoms with E-state index >= 15 is 0 Å². The minimum atomic E-state index is -0.177. The highest BCUT2D eigenvalue weighted by Gasteiger charge is 2.17. The molecule has 25 heavy (non-hydrogen) atoms. The van der Waals surface area contributed by atoms with Gasteiger partial charge in [0.2, 0.25) is 0 Å². The minimum absolute atomic E-state index is 0.143. The predicted molar refractivity (Wildman–Crippen MR) is 96.4 cm³/mol. The predicted octanol–water partition coefficient (Wildman–Crippen LogP) is 3.37. The van der Waals surface area contributed by atoms with Crippen LogP contribution in [0.25, 0.3) is 22.0 Å². The van der Waals surface area contributed by atoms with E-state index in [0.717, 1.165) is 40.8 Å². The maximum Gasteiger partial charge on any atom is 0.252 e. The van der Waals surface area contributed by atoms with Crippen molar-refractivity contribution in [2.75, 3.05) is 20.3 Å². The molecule has 1 N–H and O–H groups in total. The number of hydrogen-bond donors (Lipinski definition) is 1. The smallest absolute Gasteiger partial charge is 0.252 e. The van der Waals surface area contributed by atoms with Gasteiger partial charge in [-0.3, -0.25) is 4.79 Å². The molecule has 0 amide bonds. The number of nitrogens with one attached hydrogen (secondary N) is 1. The Labute approximate surface area is 145 Å². The lowest BCUT2D eigenvalue weighted by Gasteiger charge is -2.12. The van der Waals surface area contributed by atoms with E-state index in [1.165, 1.54) is 6.07 Å². The highest BCUT2D eigenvalue weighted by atomic mass is 16.5. The highest BCUT2D eigenvalue weighted by molar-refractivity contribution is 5.88. The second-order valence-electron chi connectivity index (χ2n) is 6.09. The van der Waals surface area contributed by atoms with E-state index in [1.807, 2.05) is 42.5 Å². The molecule has 1 aromatic heterocycles. The molecule has 3 aromatic rings. The number of fused-ring (bicyclic) bond motifs is 1. The van der Waals surface area contributed by atoms with Gasteiger partial charge in [0, 0.05) is 17.9 Å². The average molecular weight is 337 g/mol. The summed E-state index contributed by atoms with van der Waals surface area (Å²) in [5.41, 5.74) is 2.65. The van der Waals surface area contributed by atoms with E-state index in [0.29, 0.717) is 12.4 Å². The summed E-state index contributed by atoms with van der Waals surface area (Å²) in [5.74, 6) is 1.42. The number of methoxy groups -OCH3 is 1. The lowest BCUT2D eigenvalue weighted by atomic mass is 10.0. The first-order valence-corrected chi connectivity index (χ1v) is 8.29. The molecule has 0 bridgehead atoms. The topological polar surface area (TPSA) is 60.6 Å². The van der Waals surface area contributed by atoms with Gasteiger partial charge in [0.15, 0.2) is 0 Å². The molecule has 1 saturated heterocycles. The first-order chi connectivity index (χ1) is 12.2. The van der Waals surface area contributed by atoms with Gasteiger partial charge in [-0.1, -0.05) is 18.2 Å². The van der Waals surface area contributed by atoms with Gasteiger partial charge < -0.3 is 19.2 Å². The standard InChI is InChI=1S/C20H19NO4/c1-23-19-11-20(22)21-18-10-14(4-7-17(18)19)13-2-5-15(6-3-13)25-16-8-9-24-12-16/h2-7,10-11,16H,8-9,12H2,1H3,(H,21,22). The quantitative estimate of drug-likeness (QED) is 0.793. The van der Waals surface area contributed by atoms with Gasteiger partial charge >= 0.3 is 0 Å². The molecule has 0 saturated carbocycles. The number of benzene rings is 2. The molecule has 0 aliphatic carbocycles. The summed E-state index contributed by atoms with van der Waals surface area (Å²) in [7, 11) is 1.57. The fraction of sp³-hybridized carbons (Fsp3) is 0.250. The third-order valence-electron chi connectivity index (χ3n) is 4.40. The van der Waals surface area contributed by atoms with Crippen molar-refractivity contribution >= 4 is 10.9 Å². The fourth-order valence-electron chi connectivity index (χ4n) is 3.10. The van der Waals surface area contributed by atoms with Crippen molar-refractivity contribution in [3.63, 3.8) is 0 Å². The molecule has 5 nitrogen and oxygen atoms in total. The zero-order valence-electron chi connectivity index (χ0n) is 14.0. The van der Waals surface area contributed by atoms with Crippen molar-refractivity contribution in [3.8, 4) is 22.6 Å². The third kappa shape index (κ3) is 3.23. The van der Waals surface area contributed by atoms with E-state index in [-0.39, 0.29) is 11.7 Å². The molecule has 1 unspecified atom stereocenters. The second-order valence-corrected chi connectivity index (χ2v) is 6.09. The van der Waals surface area contributed by atoms with E-state index in [9.17, 15) is 4.79 Å². The molecule has 1 atom stereocenters. The van der Waals surface area contributed by atoms with Crippen molar-refractivity contribution in [3.05, 3.63) is 58.9 Å². The zero-order valence-corrected chi connectivity index (χ0v) is 14.0. The Bertz CT molecular complexity index is 940. The van der Waals surface area contributed by atoms with Crippen LogP contribution in [-0.2, 0) is 4.74 Å². The van der Waals surface area contributed by atoms with Crippen LogP contribution in [0.15, 0.2) is 53.3 Å². The largest absolute Gasteiger partial charge is 0.496 e. The summed E-state index contributed by atoms with van der Waals surface area (Å²) in [6.45, 7) is 1.42. The molecule has 0 spiro atoms. The maximum absolute atomic E-state index is 11.8. The molecule has 0 radical (unpaired) electrons. The van der Waals surface area contributed by atoms with Crippen LogP contribution in [0.1, 0.15) is 6.42 Å². The molecule has 5 heteroatoms. The van der Waals surface area contributed by atoms with E-state index in [2.05, 4.69) is 4.98 Å². The average Bonchev–Trinajstić information content (AvgIpc) is 3.14. The molecule has 2 aromatic carbocycles. The van der Waals surface area contributed by atoms with Crippen molar-refractivity contribution in [2.45, 2.75) is 12.5 Å². The first-order valence-electron chi connectivity index (χ1n) is 8.29. The SMILES string of the molecule is COc1cc(=O)[nH]c2cc(-c3ccc(OC4CCOC4)cc3)ccc12. The van der Waals surface area contributed by atoms with Gasteiger partial charge in [0.25, 0.3) is 5.56 Å². The fourth-order valence-corrected chi connectivity index (χ4v) is 3.10. The van der Waals surface area contributed by atoms with Crippen LogP contribution >= 0.6 is 0 Å². The van der Waals surface area contributed by atoms with Gasteiger partial charge in [-0.15, -0.1) is 0 Å². The summed E-state index contributed by atoms with van der Waals surface area (Å²) >= 11 is 0. The van der Waals surface area contributed by atoms with Crippen LogP contribution in [0.2, 0.25) is 0 Å². The van der Waals surface area contributed by atoms with Crippen LogP contribution < -0.4 is 15.0 Å². The van der Waals surface area contributed by atoms with Crippen molar-refractivity contribution in [1.82, 2.24) is 4.98 Å². The Morgan fingerprint density at radius 2 is 1.88 bits per heavy atom. The number of aromatic nitrogens is 1. The maximum atomic E-state index is 11.8. The zero-order chi connectivity index (χ0) is 17.2. The van der Waals surface area contributed by atoms with Crippen LogP contribution in [0.4, 0.5) is 0 Å². The number of hydrogen-bond acceptors (Lipinski definition) is 4. The number of aromatic amines is 1. The van der Waals surface area contributed by atoms with Gasteiger partial charge in [-0.05, 0) is 35.4 Å². The highest BCUT2D eigenvalue weighted by Crippen LogP contribution is 2.29. The van der Waals surface area contributed by atoms with Crippen LogP contribution in [0.5, 0.6) is 11.5 Å². The first kappa shape index (κ1) is 15.7. The van der Waals surface area contributed by atoms with Gasteiger partial charge in [0.05, 0.1) is 25.8 Å². The van der Waals surface area contributed by atoms with Gasteiger partial charge in [0.1, 0.15) is 17.6 Å². The number of rotatable bonds is 4. The Morgan fingerprint density at radius 3 is 2.60 bits per heavy atom. The molecule has 2 heterocycles. The van der Waals surface area contributed by atoms with Crippen LogP contribution in [-0.4, -0.2) is 31.4 Å². The molecule has 1 aliphatic rings. The second kappa shape index (κ2) is 6.61. The summed E-state index contributed by atoms with van der Waals surface area (Å²) in [6, 6.07) is 15.4. The number of pyridine rings is 1. The Kier molecular flexibility index (Phi) is 4.15. The molecule has 1 aliphatic heterocycles. The van der Waals surface area contributed by atoms with Gasteiger partial charge in [-0.2, -0.15) is 0 Å². The molecule has 1 fully saturated rings. The Balaban J connectivity index is 1.63. The van der Waals surface area contributed by atoms with E-state index < -0.39 is 0 Å². The lowest BCUT2D eigenvalue weighted by molar-refractivity contribution is 0.141. The molecule has 4 rings (SSSR count). The van der Waals surface area contributed by atoms with Crippen molar-refractivity contribution < 1.29 is 14.2 Å². The molecular weight excluding hydrogens is 318 g/mol. The minimum Gasteiger partial charge on any atom is -0.496 e. The van der Waals surface area contributed by atoms with E-state index in [4.69, 9.17) is 14.2 Å². The van der Waals surface area contributed by atoms with Crippen molar-refractivity contribution in [2.24, 2.45) is 0 Å². The molecular formula is C20H19NO4. The summed E-state index contributed by atoms with van der Waals surface area (Å²) in [6.07, 6.45) is 1.07. The van der Waals surface area contributed by atoms with Crippen molar-refractivity contribution in [1.29, 1.82) is 0 Å². The van der Waals surface area contributed by atoms with Crippen LogP contribution in [0, 0.1) is 0 Å². The number of ether oxygens (including phenoxy) is 3. The van der Waals surface area contributed by atoms with Crippen LogP contribution in [0.3, 0.4) is 0 Å².